The number of carbonyl (C=O) groups excluding carboxylic acids is 1. The Balaban J connectivity index is 2.45. The van der Waals surface area contributed by atoms with Gasteiger partial charge in [0, 0.05) is 19.3 Å². The maximum atomic E-state index is 11.8. The summed E-state index contributed by atoms with van der Waals surface area (Å²) in [6.45, 7) is 7.58. The molecule has 0 radical (unpaired) electrons. The molecule has 0 atom stereocenters. The fourth-order valence-corrected chi connectivity index (χ4v) is 1.64. The van der Waals surface area contributed by atoms with Gasteiger partial charge in [-0.25, -0.2) is 0 Å². The van der Waals surface area contributed by atoms with Crippen molar-refractivity contribution in [2.75, 3.05) is 26.2 Å². The number of carbonyl (C=O) groups is 1. The average Bonchev–Trinajstić information content (AvgIpc) is 2.44. The third-order valence-corrected chi connectivity index (χ3v) is 2.85. The third kappa shape index (κ3) is 5.05. The number of likely N-dealkylation sites (N-methyl/N-ethyl adjacent to an activating group) is 1. The fraction of sp³-hybridized carbons (Fsp3) is 0.462. The summed E-state index contributed by atoms with van der Waals surface area (Å²) in [4.78, 5) is 18.0. The zero-order chi connectivity index (χ0) is 14.1. The SMILES string of the molecule is CCN(CC)CCNC(=O)c1ccc(/C=N/O)nc1. The number of hydrogen-bond donors (Lipinski definition) is 2. The number of oxime groups is 1. The minimum Gasteiger partial charge on any atom is -0.411 e. The molecule has 0 saturated carbocycles. The molecule has 0 unspecified atom stereocenters. The van der Waals surface area contributed by atoms with Crippen LogP contribution in [0.15, 0.2) is 23.5 Å². The Kier molecular flexibility index (Phi) is 6.52. The first kappa shape index (κ1) is 15.1. The third-order valence-electron chi connectivity index (χ3n) is 2.85. The molecule has 1 aromatic rings. The highest BCUT2D eigenvalue weighted by Gasteiger charge is 2.06. The lowest BCUT2D eigenvalue weighted by molar-refractivity contribution is 0.0948. The summed E-state index contributed by atoms with van der Waals surface area (Å²) in [5.74, 6) is -0.146. The largest absolute Gasteiger partial charge is 0.411 e. The van der Waals surface area contributed by atoms with Crippen LogP contribution in [-0.2, 0) is 0 Å². The number of amides is 1. The first-order valence-electron chi connectivity index (χ1n) is 6.35. The Morgan fingerprint density at radius 2 is 2.21 bits per heavy atom. The highest BCUT2D eigenvalue weighted by molar-refractivity contribution is 5.94. The zero-order valence-corrected chi connectivity index (χ0v) is 11.3. The van der Waals surface area contributed by atoms with E-state index in [0.717, 1.165) is 19.6 Å². The zero-order valence-electron chi connectivity index (χ0n) is 11.3. The highest BCUT2D eigenvalue weighted by atomic mass is 16.4. The van der Waals surface area contributed by atoms with E-state index in [2.05, 4.69) is 34.2 Å². The van der Waals surface area contributed by atoms with Crippen molar-refractivity contribution in [2.24, 2.45) is 5.16 Å². The molecular weight excluding hydrogens is 244 g/mol. The molecule has 1 amide bonds. The average molecular weight is 264 g/mol. The van der Waals surface area contributed by atoms with Crippen LogP contribution in [-0.4, -0.2) is 53.4 Å². The van der Waals surface area contributed by atoms with Crippen LogP contribution in [0.25, 0.3) is 0 Å². The Morgan fingerprint density at radius 1 is 1.47 bits per heavy atom. The van der Waals surface area contributed by atoms with Gasteiger partial charge in [-0.2, -0.15) is 0 Å². The summed E-state index contributed by atoms with van der Waals surface area (Å²) < 4.78 is 0. The molecule has 6 nitrogen and oxygen atoms in total. The number of pyridine rings is 1. The second kappa shape index (κ2) is 8.20. The second-order valence-corrected chi connectivity index (χ2v) is 4.00. The van der Waals surface area contributed by atoms with Crippen LogP contribution in [0.1, 0.15) is 29.9 Å². The van der Waals surface area contributed by atoms with E-state index in [1.54, 1.807) is 12.1 Å². The van der Waals surface area contributed by atoms with E-state index in [0.29, 0.717) is 17.8 Å². The van der Waals surface area contributed by atoms with Gasteiger partial charge in [0.1, 0.15) is 0 Å². The molecule has 1 heterocycles. The topological polar surface area (TPSA) is 77.8 Å². The van der Waals surface area contributed by atoms with Gasteiger partial charge in [-0.05, 0) is 25.2 Å². The van der Waals surface area contributed by atoms with Crippen molar-refractivity contribution in [2.45, 2.75) is 13.8 Å². The van der Waals surface area contributed by atoms with Crippen molar-refractivity contribution < 1.29 is 10.0 Å². The predicted molar refractivity (Wildman–Crippen MR) is 73.7 cm³/mol. The van der Waals surface area contributed by atoms with E-state index in [4.69, 9.17) is 5.21 Å². The van der Waals surface area contributed by atoms with E-state index in [9.17, 15) is 4.79 Å². The standard InChI is InChI=1S/C13H20N4O2/c1-3-17(4-2)8-7-14-13(18)11-5-6-12(10-16-19)15-9-11/h5-6,9-10,19H,3-4,7-8H2,1-2H3,(H,14,18)/b16-10+. The van der Waals surface area contributed by atoms with Gasteiger partial charge >= 0.3 is 0 Å². The first-order valence-corrected chi connectivity index (χ1v) is 6.35. The van der Waals surface area contributed by atoms with Gasteiger partial charge in [-0.3, -0.25) is 9.78 Å². The minimum atomic E-state index is -0.146. The van der Waals surface area contributed by atoms with E-state index in [1.807, 2.05) is 0 Å². The predicted octanol–water partition coefficient (Wildman–Crippen LogP) is 0.961. The number of rotatable bonds is 7. The molecule has 0 saturated heterocycles. The summed E-state index contributed by atoms with van der Waals surface area (Å²) in [7, 11) is 0. The van der Waals surface area contributed by atoms with Crippen LogP contribution in [0.3, 0.4) is 0 Å². The molecule has 0 aliphatic heterocycles. The molecule has 0 bridgehead atoms. The Hall–Kier alpha value is -1.95. The van der Waals surface area contributed by atoms with Gasteiger partial charge in [0.2, 0.25) is 0 Å². The van der Waals surface area contributed by atoms with E-state index >= 15 is 0 Å². The van der Waals surface area contributed by atoms with Gasteiger partial charge in [0.25, 0.3) is 5.91 Å². The monoisotopic (exact) mass is 264 g/mol. The van der Waals surface area contributed by atoms with Crippen LogP contribution in [0.4, 0.5) is 0 Å². The van der Waals surface area contributed by atoms with E-state index < -0.39 is 0 Å². The molecule has 6 heteroatoms. The van der Waals surface area contributed by atoms with Gasteiger partial charge in [-0.15, -0.1) is 0 Å². The highest BCUT2D eigenvalue weighted by Crippen LogP contribution is 1.98. The molecule has 2 N–H and O–H groups in total. The number of nitrogens with one attached hydrogen (secondary N) is 1. The summed E-state index contributed by atoms with van der Waals surface area (Å²) in [5.41, 5.74) is 0.997. The molecule has 0 aliphatic rings. The molecule has 104 valence electrons. The lowest BCUT2D eigenvalue weighted by atomic mass is 10.2. The van der Waals surface area contributed by atoms with E-state index in [-0.39, 0.29) is 5.91 Å². The second-order valence-electron chi connectivity index (χ2n) is 4.00. The van der Waals surface area contributed by atoms with Crippen molar-refractivity contribution in [1.82, 2.24) is 15.2 Å². The summed E-state index contributed by atoms with van der Waals surface area (Å²) in [6, 6.07) is 3.27. The lowest BCUT2D eigenvalue weighted by Crippen LogP contribution is -2.34. The number of nitrogens with zero attached hydrogens (tertiary/aromatic N) is 3. The molecule has 0 spiro atoms. The van der Waals surface area contributed by atoms with Gasteiger partial charge in [-0.1, -0.05) is 19.0 Å². The number of aromatic nitrogens is 1. The Bertz CT molecular complexity index is 413. The Morgan fingerprint density at radius 3 is 2.74 bits per heavy atom. The Labute approximate surface area is 113 Å². The summed E-state index contributed by atoms with van der Waals surface area (Å²) >= 11 is 0. The maximum Gasteiger partial charge on any atom is 0.252 e. The lowest BCUT2D eigenvalue weighted by Gasteiger charge is -2.17. The fourth-order valence-electron chi connectivity index (χ4n) is 1.64. The molecule has 1 aromatic heterocycles. The number of hydrogen-bond acceptors (Lipinski definition) is 5. The van der Waals surface area contributed by atoms with Gasteiger partial charge in [0.15, 0.2) is 0 Å². The minimum absolute atomic E-state index is 0.146. The normalized spacial score (nSPS) is 11.1. The molecule has 19 heavy (non-hydrogen) atoms. The van der Waals surface area contributed by atoms with Crippen molar-refractivity contribution in [3.05, 3.63) is 29.6 Å². The molecule has 0 fully saturated rings. The van der Waals surface area contributed by atoms with Crippen molar-refractivity contribution in [3.63, 3.8) is 0 Å². The first-order chi connectivity index (χ1) is 9.21. The van der Waals surface area contributed by atoms with Crippen LogP contribution in [0.2, 0.25) is 0 Å². The van der Waals surface area contributed by atoms with Crippen LogP contribution in [0.5, 0.6) is 0 Å². The van der Waals surface area contributed by atoms with Crippen molar-refractivity contribution >= 4 is 12.1 Å². The van der Waals surface area contributed by atoms with Crippen molar-refractivity contribution in [3.8, 4) is 0 Å². The molecule has 1 rings (SSSR count). The maximum absolute atomic E-state index is 11.8. The molecular formula is C13H20N4O2. The molecule has 0 aromatic carbocycles. The van der Waals surface area contributed by atoms with Crippen LogP contribution in [0, 0.1) is 0 Å². The quantitative estimate of drug-likeness (QED) is 0.437. The van der Waals surface area contributed by atoms with Gasteiger partial charge in [0.05, 0.1) is 17.5 Å². The van der Waals surface area contributed by atoms with Crippen LogP contribution < -0.4 is 5.32 Å². The van der Waals surface area contributed by atoms with Gasteiger partial charge < -0.3 is 15.4 Å². The smallest absolute Gasteiger partial charge is 0.252 e. The van der Waals surface area contributed by atoms with Crippen LogP contribution >= 0.6 is 0 Å². The summed E-state index contributed by atoms with van der Waals surface area (Å²) in [6.07, 6.45) is 2.67. The summed E-state index contributed by atoms with van der Waals surface area (Å²) in [5, 5.41) is 14.1. The van der Waals surface area contributed by atoms with Crippen molar-refractivity contribution in [1.29, 1.82) is 0 Å². The van der Waals surface area contributed by atoms with E-state index in [1.165, 1.54) is 12.4 Å². The molecule has 0 aliphatic carbocycles.